The van der Waals surface area contributed by atoms with Crippen LogP contribution in [0, 0.1) is 0 Å². The Morgan fingerprint density at radius 1 is 1.28 bits per heavy atom. The number of ketones is 1. The molecule has 1 aliphatic heterocycles. The highest BCUT2D eigenvalue weighted by atomic mass is 32.1. The highest BCUT2D eigenvalue weighted by Gasteiger charge is 2.23. The molecule has 0 bridgehead atoms. The summed E-state index contributed by atoms with van der Waals surface area (Å²) < 4.78 is 5.76. The third kappa shape index (κ3) is 2.24. The van der Waals surface area contributed by atoms with Gasteiger partial charge in [0.25, 0.3) is 0 Å². The first kappa shape index (κ1) is 11.6. The first-order valence-electron chi connectivity index (χ1n) is 6.11. The molecule has 18 heavy (non-hydrogen) atoms. The van der Waals surface area contributed by atoms with Gasteiger partial charge >= 0.3 is 0 Å². The first-order valence-corrected chi connectivity index (χ1v) is 6.98. The number of carbonyl (C=O) groups excluding carboxylic acids is 1. The van der Waals surface area contributed by atoms with Gasteiger partial charge in [-0.2, -0.15) is 0 Å². The van der Waals surface area contributed by atoms with Crippen molar-refractivity contribution in [2.24, 2.45) is 0 Å². The Labute approximate surface area is 110 Å². The van der Waals surface area contributed by atoms with Crippen LogP contribution in [-0.4, -0.2) is 12.4 Å². The van der Waals surface area contributed by atoms with Crippen molar-refractivity contribution in [1.29, 1.82) is 0 Å². The second-order valence-corrected chi connectivity index (χ2v) is 5.36. The molecule has 92 valence electrons. The molecule has 2 aromatic rings. The number of fused-ring (bicyclic) bond motifs is 1. The lowest BCUT2D eigenvalue weighted by molar-refractivity contribution is 0.0353. The summed E-state index contributed by atoms with van der Waals surface area (Å²) in [6, 6.07) is 12.0. The Balaban J connectivity index is 1.80. The maximum atomic E-state index is 12.1. The van der Waals surface area contributed by atoms with E-state index in [9.17, 15) is 4.79 Å². The van der Waals surface area contributed by atoms with Gasteiger partial charge in [-0.15, -0.1) is 11.3 Å². The van der Waals surface area contributed by atoms with Crippen molar-refractivity contribution in [2.45, 2.75) is 18.9 Å². The van der Waals surface area contributed by atoms with E-state index in [1.165, 1.54) is 22.5 Å². The summed E-state index contributed by atoms with van der Waals surface area (Å²) in [6.45, 7) is 0.708. The van der Waals surface area contributed by atoms with Crippen LogP contribution in [-0.2, 0) is 11.2 Å². The van der Waals surface area contributed by atoms with E-state index in [1.54, 1.807) is 0 Å². The zero-order valence-corrected chi connectivity index (χ0v) is 10.8. The average molecular weight is 258 g/mol. The van der Waals surface area contributed by atoms with Crippen molar-refractivity contribution in [1.82, 2.24) is 0 Å². The van der Waals surface area contributed by atoms with E-state index in [-0.39, 0.29) is 11.9 Å². The van der Waals surface area contributed by atoms with E-state index in [1.807, 2.05) is 29.6 Å². The van der Waals surface area contributed by atoms with Crippen LogP contribution >= 0.6 is 11.3 Å². The van der Waals surface area contributed by atoms with E-state index in [4.69, 9.17) is 4.74 Å². The molecule has 0 N–H and O–H groups in total. The van der Waals surface area contributed by atoms with Gasteiger partial charge < -0.3 is 4.74 Å². The maximum Gasteiger partial charge on any atom is 0.175 e. The van der Waals surface area contributed by atoms with Crippen LogP contribution in [0.3, 0.4) is 0 Å². The highest BCUT2D eigenvalue weighted by molar-refractivity contribution is 7.12. The smallest absolute Gasteiger partial charge is 0.175 e. The Morgan fingerprint density at radius 2 is 2.17 bits per heavy atom. The van der Waals surface area contributed by atoms with Gasteiger partial charge in [0.05, 0.1) is 17.6 Å². The number of hydrogen-bond acceptors (Lipinski definition) is 3. The molecule has 0 radical (unpaired) electrons. The fraction of sp³-hybridized carbons (Fsp3) is 0.267. The fourth-order valence-corrected chi connectivity index (χ4v) is 3.03. The van der Waals surface area contributed by atoms with Gasteiger partial charge in [-0.1, -0.05) is 30.3 Å². The summed E-state index contributed by atoms with van der Waals surface area (Å²) in [4.78, 5) is 12.9. The third-order valence-corrected chi connectivity index (χ3v) is 4.17. The first-order chi connectivity index (χ1) is 8.84. The van der Waals surface area contributed by atoms with Crippen LogP contribution in [0.25, 0.3) is 0 Å². The maximum absolute atomic E-state index is 12.1. The molecule has 2 heterocycles. The topological polar surface area (TPSA) is 26.3 Å². The lowest BCUT2D eigenvalue weighted by atomic mass is 9.94. The largest absolute Gasteiger partial charge is 0.373 e. The van der Waals surface area contributed by atoms with Gasteiger partial charge in [-0.25, -0.2) is 0 Å². The Morgan fingerprint density at radius 3 is 3.00 bits per heavy atom. The normalized spacial score (nSPS) is 18.3. The predicted molar refractivity (Wildman–Crippen MR) is 72.1 cm³/mol. The van der Waals surface area contributed by atoms with Crippen molar-refractivity contribution in [2.75, 3.05) is 6.61 Å². The number of rotatable bonds is 3. The monoisotopic (exact) mass is 258 g/mol. The molecule has 0 saturated carbocycles. The van der Waals surface area contributed by atoms with Crippen LogP contribution in [0.1, 0.15) is 33.3 Å². The number of thiophene rings is 1. The van der Waals surface area contributed by atoms with Crippen LogP contribution < -0.4 is 0 Å². The number of carbonyl (C=O) groups is 1. The van der Waals surface area contributed by atoms with Gasteiger partial charge in [0.15, 0.2) is 5.78 Å². The second kappa shape index (κ2) is 5.04. The summed E-state index contributed by atoms with van der Waals surface area (Å²) in [7, 11) is 0. The molecule has 1 aliphatic rings. The van der Waals surface area contributed by atoms with Crippen LogP contribution in [0.2, 0.25) is 0 Å². The molecule has 0 amide bonds. The van der Waals surface area contributed by atoms with Gasteiger partial charge in [0.1, 0.15) is 0 Å². The van der Waals surface area contributed by atoms with E-state index in [0.29, 0.717) is 13.0 Å². The molecular formula is C15H14O2S. The highest BCUT2D eigenvalue weighted by Crippen LogP contribution is 2.30. The van der Waals surface area contributed by atoms with E-state index < -0.39 is 0 Å². The number of benzene rings is 1. The standard InChI is InChI=1S/C15H14O2S/c16-13(15-6-3-9-18-15)10-14-12-5-2-1-4-11(12)7-8-17-14/h1-6,9,14H,7-8,10H2/t14-/m1/s1. The number of Topliss-reactive ketones (excluding diaryl/α,β-unsaturated/α-hetero) is 1. The third-order valence-electron chi connectivity index (χ3n) is 3.26. The van der Waals surface area contributed by atoms with Gasteiger partial charge in [-0.3, -0.25) is 4.79 Å². The Kier molecular flexibility index (Phi) is 3.26. The number of hydrogen-bond donors (Lipinski definition) is 0. The SMILES string of the molecule is O=C(C[C@H]1OCCc2ccccc21)c1cccs1. The zero-order valence-electron chi connectivity index (χ0n) is 9.96. The minimum Gasteiger partial charge on any atom is -0.373 e. The quantitative estimate of drug-likeness (QED) is 0.786. The predicted octanol–water partition coefficient (Wildman–Crippen LogP) is 3.63. The molecule has 1 atom stereocenters. The van der Waals surface area contributed by atoms with E-state index in [2.05, 4.69) is 12.1 Å². The van der Waals surface area contributed by atoms with Gasteiger partial charge in [-0.05, 0) is 29.0 Å². The van der Waals surface area contributed by atoms with E-state index >= 15 is 0 Å². The molecule has 0 fully saturated rings. The van der Waals surface area contributed by atoms with Crippen molar-refractivity contribution in [3.05, 3.63) is 57.8 Å². The summed E-state index contributed by atoms with van der Waals surface area (Å²) in [5.41, 5.74) is 2.49. The van der Waals surface area contributed by atoms with Crippen molar-refractivity contribution in [3.8, 4) is 0 Å². The molecule has 2 nitrogen and oxygen atoms in total. The Hall–Kier alpha value is -1.45. The molecule has 3 rings (SSSR count). The summed E-state index contributed by atoms with van der Waals surface area (Å²) >= 11 is 1.50. The molecule has 3 heteroatoms. The van der Waals surface area contributed by atoms with Crippen LogP contribution in [0.5, 0.6) is 0 Å². The lowest BCUT2D eigenvalue weighted by Gasteiger charge is -2.25. The molecule has 0 aliphatic carbocycles. The summed E-state index contributed by atoms with van der Waals surface area (Å²) in [5, 5.41) is 1.93. The molecular weight excluding hydrogens is 244 g/mol. The average Bonchev–Trinajstić information content (AvgIpc) is 2.93. The van der Waals surface area contributed by atoms with Crippen molar-refractivity contribution in [3.63, 3.8) is 0 Å². The lowest BCUT2D eigenvalue weighted by Crippen LogP contribution is -2.18. The molecule has 1 aromatic heterocycles. The number of ether oxygens (including phenoxy) is 1. The van der Waals surface area contributed by atoms with Gasteiger partial charge in [0.2, 0.25) is 0 Å². The van der Waals surface area contributed by atoms with Crippen LogP contribution in [0.15, 0.2) is 41.8 Å². The zero-order chi connectivity index (χ0) is 12.4. The Bertz CT molecular complexity index is 545. The molecule has 1 aromatic carbocycles. The summed E-state index contributed by atoms with van der Waals surface area (Å²) in [6.07, 6.45) is 1.31. The fourth-order valence-electron chi connectivity index (χ4n) is 2.35. The van der Waals surface area contributed by atoms with Crippen molar-refractivity contribution < 1.29 is 9.53 Å². The van der Waals surface area contributed by atoms with Crippen LogP contribution in [0.4, 0.5) is 0 Å². The van der Waals surface area contributed by atoms with E-state index in [0.717, 1.165) is 11.3 Å². The summed E-state index contributed by atoms with van der Waals surface area (Å²) in [5.74, 6) is 0.173. The van der Waals surface area contributed by atoms with Gasteiger partial charge in [0, 0.05) is 6.42 Å². The molecule has 0 saturated heterocycles. The molecule has 0 unspecified atom stereocenters. The minimum atomic E-state index is -0.0791. The van der Waals surface area contributed by atoms with Crippen molar-refractivity contribution >= 4 is 17.1 Å². The minimum absolute atomic E-state index is 0.0791. The second-order valence-electron chi connectivity index (χ2n) is 4.41. The molecule has 0 spiro atoms.